The summed E-state index contributed by atoms with van der Waals surface area (Å²) in [7, 11) is 0. The van der Waals surface area contributed by atoms with Crippen LogP contribution in [0.2, 0.25) is 5.28 Å². The first-order chi connectivity index (χ1) is 11.0. The Balaban J connectivity index is 2.84. The predicted octanol–water partition coefficient (Wildman–Crippen LogP) is 4.90. The summed E-state index contributed by atoms with van der Waals surface area (Å²) in [6.07, 6.45) is 1.03. The zero-order valence-corrected chi connectivity index (χ0v) is 17.4. The van der Waals surface area contributed by atoms with Crippen molar-refractivity contribution in [3.63, 3.8) is 0 Å². The number of anilines is 1. The van der Waals surface area contributed by atoms with Crippen molar-refractivity contribution in [1.82, 2.24) is 9.97 Å². The van der Waals surface area contributed by atoms with Crippen molar-refractivity contribution in [3.05, 3.63) is 17.0 Å². The number of halogens is 1. The molecule has 0 radical (unpaired) electrons. The third-order valence-corrected chi connectivity index (χ3v) is 8.74. The highest BCUT2D eigenvalue weighted by molar-refractivity contribution is 8.67. The first kappa shape index (κ1) is 21.1. The number of nitrogens with zero attached hydrogens (tertiary/aromatic N) is 3. The molecule has 1 rings (SSSR count). The fourth-order valence-corrected chi connectivity index (χ4v) is 6.57. The maximum absolute atomic E-state index is 6.04. The van der Waals surface area contributed by atoms with Crippen molar-refractivity contribution in [1.29, 1.82) is 0 Å². The minimum Gasteiger partial charge on any atom is -0.357 e. The summed E-state index contributed by atoms with van der Waals surface area (Å²) in [5.74, 6) is 1.73. The second-order valence-corrected chi connectivity index (χ2v) is 11.4. The number of hydrogen-bond donors (Lipinski definition) is 0. The van der Waals surface area contributed by atoms with E-state index in [0.717, 1.165) is 36.8 Å². The van der Waals surface area contributed by atoms with Crippen LogP contribution in [0, 0.1) is 0 Å². The summed E-state index contributed by atoms with van der Waals surface area (Å²) in [4.78, 5) is 10.6. The molecule has 1 atom stereocenters. The smallest absolute Gasteiger partial charge is 0.247 e. The van der Waals surface area contributed by atoms with E-state index in [2.05, 4.69) is 35.6 Å². The van der Waals surface area contributed by atoms with Gasteiger partial charge in [0.15, 0.2) is 0 Å². The highest BCUT2D eigenvalue weighted by Gasteiger charge is 2.20. The van der Waals surface area contributed by atoms with Gasteiger partial charge in [0.05, 0.1) is 18.9 Å². The summed E-state index contributed by atoms with van der Waals surface area (Å²) in [6, 6.07) is 1.90. The lowest BCUT2D eigenvalue weighted by Gasteiger charge is -2.22. The molecule has 0 spiro atoms. The van der Waals surface area contributed by atoms with Gasteiger partial charge in [-0.05, 0) is 50.6 Å². The van der Waals surface area contributed by atoms with Gasteiger partial charge in [-0.1, -0.05) is 18.3 Å². The van der Waals surface area contributed by atoms with E-state index in [1.54, 1.807) is 11.4 Å². The van der Waals surface area contributed by atoms with Gasteiger partial charge in [0.2, 0.25) is 11.0 Å². The molecule has 0 aromatic carbocycles. The van der Waals surface area contributed by atoms with Gasteiger partial charge in [0.1, 0.15) is 5.82 Å². The van der Waals surface area contributed by atoms with Gasteiger partial charge in [0, 0.05) is 24.9 Å². The highest BCUT2D eigenvalue weighted by atomic mass is 35.5. The fraction of sp³-hybridized carbons (Fsp3) is 0.714. The molecule has 23 heavy (non-hydrogen) atoms. The Kier molecular flexibility index (Phi) is 9.97. The number of hydrogen-bond acceptors (Lipinski definition) is 7. The normalized spacial score (nSPS) is 13.8. The molecule has 0 aliphatic carbocycles. The summed E-state index contributed by atoms with van der Waals surface area (Å²) in [5, 5.41) is 0.221. The van der Waals surface area contributed by atoms with Crippen molar-refractivity contribution in [2.45, 2.75) is 40.7 Å². The fourth-order valence-electron chi connectivity index (χ4n) is 1.85. The summed E-state index contributed by atoms with van der Waals surface area (Å²) in [6.45, 7) is 10.7. The molecule has 0 bridgehead atoms. The molecule has 0 saturated carbocycles. The molecule has 1 aromatic heterocycles. The molecule has 1 aromatic rings. The van der Waals surface area contributed by atoms with Crippen LogP contribution in [0.15, 0.2) is 6.07 Å². The van der Waals surface area contributed by atoms with Gasteiger partial charge in [-0.2, -0.15) is 0 Å². The average Bonchev–Trinajstić information content (AvgIpc) is 2.52. The van der Waals surface area contributed by atoms with E-state index in [-0.39, 0.29) is 11.9 Å². The molecule has 0 amide bonds. The van der Waals surface area contributed by atoms with Gasteiger partial charge in [-0.3, -0.25) is 0 Å². The van der Waals surface area contributed by atoms with E-state index in [1.165, 1.54) is 0 Å². The van der Waals surface area contributed by atoms with Crippen LogP contribution in [0.25, 0.3) is 0 Å². The Morgan fingerprint density at radius 3 is 2.48 bits per heavy atom. The largest absolute Gasteiger partial charge is 0.357 e. The molecule has 0 saturated heterocycles. The minimum absolute atomic E-state index is 0.221. The monoisotopic (exact) mass is 397 g/mol. The topological polar surface area (TPSA) is 47.5 Å². The predicted molar refractivity (Wildman–Crippen MR) is 104 cm³/mol. The van der Waals surface area contributed by atoms with E-state index < -0.39 is 5.69 Å². The minimum atomic E-state index is -2.34. The first-order valence-corrected chi connectivity index (χ1v) is 12.4. The molecule has 132 valence electrons. The molecule has 0 aliphatic rings. The van der Waals surface area contributed by atoms with Crippen molar-refractivity contribution >= 4 is 46.3 Å². The van der Waals surface area contributed by atoms with Crippen molar-refractivity contribution < 1.29 is 9.05 Å². The van der Waals surface area contributed by atoms with Crippen LogP contribution in [0.5, 0.6) is 0 Å². The van der Waals surface area contributed by atoms with Gasteiger partial charge >= 0.3 is 0 Å². The molecule has 0 fully saturated rings. The maximum Gasteiger partial charge on any atom is 0.247 e. The third-order valence-electron chi connectivity index (χ3n) is 2.94. The van der Waals surface area contributed by atoms with Crippen molar-refractivity contribution in [3.8, 4) is 0 Å². The SMILES string of the molecule is CCCS[P@@](=S)(OCC)OCc1cc(N(CC)CC)nc(Cl)n1. The van der Waals surface area contributed by atoms with Gasteiger partial charge in [-0.15, -0.1) is 0 Å². The molecule has 5 nitrogen and oxygen atoms in total. The van der Waals surface area contributed by atoms with Crippen LogP contribution in [-0.2, 0) is 27.5 Å². The van der Waals surface area contributed by atoms with Gasteiger partial charge < -0.3 is 13.9 Å². The molecular formula is C14H25ClN3O2PS2. The number of aromatic nitrogens is 2. The van der Waals surface area contributed by atoms with Crippen LogP contribution in [0.3, 0.4) is 0 Å². The lowest BCUT2D eigenvalue weighted by Crippen LogP contribution is -2.23. The van der Waals surface area contributed by atoms with Crippen LogP contribution < -0.4 is 4.90 Å². The molecule has 1 heterocycles. The van der Waals surface area contributed by atoms with Crippen molar-refractivity contribution in [2.75, 3.05) is 30.3 Å². The van der Waals surface area contributed by atoms with E-state index in [9.17, 15) is 0 Å². The summed E-state index contributed by atoms with van der Waals surface area (Å²) >= 11 is 13.2. The third kappa shape index (κ3) is 7.24. The van der Waals surface area contributed by atoms with E-state index in [0.29, 0.717) is 6.61 Å². The zero-order valence-electron chi connectivity index (χ0n) is 14.1. The second-order valence-electron chi connectivity index (χ2n) is 4.63. The lowest BCUT2D eigenvalue weighted by atomic mass is 10.4. The van der Waals surface area contributed by atoms with Crippen LogP contribution in [-0.4, -0.2) is 35.4 Å². The number of rotatable bonds is 11. The Bertz CT molecular complexity index is 533. The van der Waals surface area contributed by atoms with Gasteiger partial charge in [-0.25, -0.2) is 9.97 Å². The van der Waals surface area contributed by atoms with E-state index in [4.69, 9.17) is 32.5 Å². The highest BCUT2D eigenvalue weighted by Crippen LogP contribution is 2.61. The van der Waals surface area contributed by atoms with Crippen molar-refractivity contribution in [2.24, 2.45) is 0 Å². The van der Waals surface area contributed by atoms with Crippen LogP contribution in [0.1, 0.15) is 39.8 Å². The standard InChI is InChI=1S/C14H25ClN3O2PS2/c1-5-9-23-21(22,19-8-4)20-11-12-10-13(17-14(15)16-12)18(6-2)7-3/h10H,5-9,11H2,1-4H3/t21-/m0/s1. The molecule has 0 aliphatic heterocycles. The lowest BCUT2D eigenvalue weighted by molar-refractivity contribution is 0.259. The molecule has 9 heteroatoms. The quantitative estimate of drug-likeness (QED) is 0.389. The maximum atomic E-state index is 6.04. The summed E-state index contributed by atoms with van der Waals surface area (Å²) < 4.78 is 11.6. The molecule has 0 unspecified atom stereocenters. The average molecular weight is 398 g/mol. The van der Waals surface area contributed by atoms with Gasteiger partial charge in [0.25, 0.3) is 0 Å². The Hall–Kier alpha value is 0.0900. The Morgan fingerprint density at radius 1 is 1.22 bits per heavy atom. The van der Waals surface area contributed by atoms with Crippen LogP contribution >= 0.6 is 28.7 Å². The van der Waals surface area contributed by atoms with Crippen LogP contribution in [0.4, 0.5) is 5.82 Å². The molecule has 0 N–H and O–H groups in total. The summed E-state index contributed by atoms with van der Waals surface area (Å²) in [5.41, 5.74) is -1.62. The molecular weight excluding hydrogens is 373 g/mol. The second kappa shape index (κ2) is 10.9. The Labute approximate surface area is 153 Å². The van der Waals surface area contributed by atoms with E-state index in [1.807, 2.05) is 13.0 Å². The van der Waals surface area contributed by atoms with E-state index >= 15 is 0 Å². The Morgan fingerprint density at radius 2 is 1.91 bits per heavy atom. The first-order valence-electron chi connectivity index (χ1n) is 7.80. The zero-order chi connectivity index (χ0) is 17.3.